The molecule has 1 N–H and O–H groups in total. The Balaban J connectivity index is 1.21. The van der Waals surface area contributed by atoms with Gasteiger partial charge in [0.05, 0.1) is 29.8 Å². The van der Waals surface area contributed by atoms with E-state index in [1.807, 2.05) is 13.1 Å². The third-order valence-corrected chi connectivity index (χ3v) is 6.62. The van der Waals surface area contributed by atoms with Crippen LogP contribution >= 0.6 is 0 Å². The van der Waals surface area contributed by atoms with Gasteiger partial charge in [-0.05, 0) is 24.6 Å². The van der Waals surface area contributed by atoms with Gasteiger partial charge in [0.25, 0.3) is 0 Å². The largest absolute Gasteiger partial charge is 0.373 e. The van der Waals surface area contributed by atoms with Gasteiger partial charge in [0.15, 0.2) is 5.96 Å². The quantitative estimate of drug-likeness (QED) is 0.496. The van der Waals surface area contributed by atoms with Crippen LogP contribution < -0.4 is 5.32 Å². The molecule has 2 unspecified atom stereocenters. The number of ether oxygens (including phenoxy) is 1. The monoisotopic (exact) mass is 432 g/mol. The molecule has 2 aliphatic rings. The van der Waals surface area contributed by atoms with Crippen molar-refractivity contribution in [2.24, 2.45) is 4.99 Å². The minimum Gasteiger partial charge on any atom is -0.373 e. The summed E-state index contributed by atoms with van der Waals surface area (Å²) in [7, 11) is 1.87. The topological polar surface area (TPSA) is 57.9 Å². The lowest BCUT2D eigenvalue weighted by molar-refractivity contribution is -0.0502. The lowest BCUT2D eigenvalue weighted by atomic mass is 10.1. The van der Waals surface area contributed by atoms with Gasteiger partial charge < -0.3 is 19.5 Å². The average molecular weight is 433 g/mol. The van der Waals surface area contributed by atoms with Crippen molar-refractivity contribution in [3.63, 3.8) is 0 Å². The summed E-state index contributed by atoms with van der Waals surface area (Å²) >= 11 is 0. The van der Waals surface area contributed by atoms with E-state index < -0.39 is 0 Å². The molecule has 5 rings (SSSR count). The first-order chi connectivity index (χ1) is 15.7. The molecule has 2 aromatic carbocycles. The molecule has 0 saturated carbocycles. The number of hydrogen-bond acceptors (Lipinski definition) is 4. The van der Waals surface area contributed by atoms with E-state index in [2.05, 4.69) is 85.1 Å². The van der Waals surface area contributed by atoms with Gasteiger partial charge in [-0.3, -0.25) is 9.89 Å². The van der Waals surface area contributed by atoms with Gasteiger partial charge in [0.2, 0.25) is 0 Å². The van der Waals surface area contributed by atoms with Crippen molar-refractivity contribution in [3.05, 3.63) is 66.0 Å². The maximum atomic E-state index is 6.14. The number of aliphatic imine (C=N–C) groups is 1. The van der Waals surface area contributed by atoms with E-state index in [1.165, 1.54) is 11.1 Å². The maximum absolute atomic E-state index is 6.14. The number of para-hydroxylation sites is 2. The smallest absolute Gasteiger partial charge is 0.193 e. The van der Waals surface area contributed by atoms with Crippen LogP contribution in [0.2, 0.25) is 0 Å². The van der Waals surface area contributed by atoms with Crippen LogP contribution in [0.3, 0.4) is 0 Å². The van der Waals surface area contributed by atoms with Crippen molar-refractivity contribution in [3.8, 4) is 0 Å². The van der Waals surface area contributed by atoms with E-state index in [-0.39, 0.29) is 6.10 Å². The van der Waals surface area contributed by atoms with Gasteiger partial charge in [-0.25, -0.2) is 4.98 Å². The molecule has 0 amide bonds. The molecule has 0 spiro atoms. The van der Waals surface area contributed by atoms with E-state index in [4.69, 9.17) is 4.74 Å². The standard InChI is InChI=1S/C25H32N6O/c1-19-28-21-10-6-7-11-22(21)31(19)13-12-27-25(26-2)30-17-23-24(18-30)32-15-14-29(23)16-20-8-4-3-5-9-20/h3-11,23-24H,12-18H2,1-2H3,(H,26,27). The average Bonchev–Trinajstić information content (AvgIpc) is 3.39. The summed E-state index contributed by atoms with van der Waals surface area (Å²) in [5, 5.41) is 3.57. The number of hydrogen-bond donors (Lipinski definition) is 1. The minimum absolute atomic E-state index is 0.228. The Kier molecular flexibility index (Phi) is 6.10. The van der Waals surface area contributed by atoms with Crippen molar-refractivity contribution in [2.45, 2.75) is 32.2 Å². The Bertz CT molecular complexity index is 1080. The number of rotatable bonds is 5. The Hall–Kier alpha value is -2.90. The molecule has 7 heteroatoms. The van der Waals surface area contributed by atoms with Crippen LogP contribution in [0.15, 0.2) is 59.6 Å². The second kappa shape index (κ2) is 9.30. The Labute approximate surface area is 189 Å². The highest BCUT2D eigenvalue weighted by molar-refractivity contribution is 5.80. The summed E-state index contributed by atoms with van der Waals surface area (Å²) in [6, 6.07) is 19.4. The zero-order valence-electron chi connectivity index (χ0n) is 18.9. The van der Waals surface area contributed by atoms with E-state index >= 15 is 0 Å². The number of guanidine groups is 1. The summed E-state index contributed by atoms with van der Waals surface area (Å²) in [5.74, 6) is 1.99. The van der Waals surface area contributed by atoms with E-state index in [1.54, 1.807) is 0 Å². The molecule has 3 heterocycles. The molecule has 168 valence electrons. The minimum atomic E-state index is 0.228. The van der Waals surface area contributed by atoms with Gasteiger partial charge in [-0.15, -0.1) is 0 Å². The highest BCUT2D eigenvalue weighted by Gasteiger charge is 2.41. The number of fused-ring (bicyclic) bond motifs is 2. The number of benzene rings is 2. The van der Waals surface area contributed by atoms with Crippen LogP contribution in [0, 0.1) is 6.92 Å². The van der Waals surface area contributed by atoms with Gasteiger partial charge in [-0.2, -0.15) is 0 Å². The predicted molar refractivity (Wildman–Crippen MR) is 128 cm³/mol. The molecule has 0 bridgehead atoms. The Morgan fingerprint density at radius 1 is 1.12 bits per heavy atom. The summed E-state index contributed by atoms with van der Waals surface area (Å²) in [5.41, 5.74) is 3.59. The molecule has 1 aromatic heterocycles. The van der Waals surface area contributed by atoms with Crippen molar-refractivity contribution in [1.29, 1.82) is 0 Å². The first kappa shape index (κ1) is 21.0. The van der Waals surface area contributed by atoms with E-state index in [9.17, 15) is 0 Å². The zero-order valence-corrected chi connectivity index (χ0v) is 18.9. The first-order valence-corrected chi connectivity index (χ1v) is 11.5. The fourth-order valence-electron chi connectivity index (χ4n) is 5.04. The summed E-state index contributed by atoms with van der Waals surface area (Å²) in [4.78, 5) is 14.2. The van der Waals surface area contributed by atoms with E-state index in [0.29, 0.717) is 6.04 Å². The highest BCUT2D eigenvalue weighted by atomic mass is 16.5. The molecule has 7 nitrogen and oxygen atoms in total. The van der Waals surface area contributed by atoms with Crippen LogP contribution in [0.5, 0.6) is 0 Å². The highest BCUT2D eigenvalue weighted by Crippen LogP contribution is 2.24. The molecule has 2 fully saturated rings. The molecular formula is C25H32N6O. The lowest BCUT2D eigenvalue weighted by Crippen LogP contribution is -2.50. The van der Waals surface area contributed by atoms with Gasteiger partial charge in [0, 0.05) is 46.3 Å². The van der Waals surface area contributed by atoms with Gasteiger partial charge in [-0.1, -0.05) is 42.5 Å². The normalized spacial score (nSPS) is 21.8. The lowest BCUT2D eigenvalue weighted by Gasteiger charge is -2.36. The van der Waals surface area contributed by atoms with Crippen LogP contribution in [0.4, 0.5) is 0 Å². The van der Waals surface area contributed by atoms with Crippen LogP contribution in [0.1, 0.15) is 11.4 Å². The SMILES string of the molecule is CN=C(NCCn1c(C)nc2ccccc21)N1CC2OCCN(Cc3ccccc3)C2C1. The molecular weight excluding hydrogens is 400 g/mol. The second-order valence-electron chi connectivity index (χ2n) is 8.61. The molecule has 32 heavy (non-hydrogen) atoms. The zero-order chi connectivity index (χ0) is 21.9. The first-order valence-electron chi connectivity index (χ1n) is 11.5. The summed E-state index contributed by atoms with van der Waals surface area (Å²) < 4.78 is 8.41. The summed E-state index contributed by atoms with van der Waals surface area (Å²) in [6.45, 7) is 8.27. The number of likely N-dealkylation sites (tertiary alicyclic amines) is 1. The Morgan fingerprint density at radius 3 is 2.78 bits per heavy atom. The molecule has 2 atom stereocenters. The van der Waals surface area contributed by atoms with Gasteiger partial charge in [0.1, 0.15) is 5.82 Å². The molecule has 0 radical (unpaired) electrons. The summed E-state index contributed by atoms with van der Waals surface area (Å²) in [6.07, 6.45) is 0.228. The number of morpholine rings is 1. The van der Waals surface area contributed by atoms with E-state index in [0.717, 1.165) is 63.2 Å². The van der Waals surface area contributed by atoms with Crippen molar-refractivity contribution >= 4 is 17.0 Å². The van der Waals surface area contributed by atoms with Gasteiger partial charge >= 0.3 is 0 Å². The van der Waals surface area contributed by atoms with Crippen LogP contribution in [0.25, 0.3) is 11.0 Å². The molecule has 3 aromatic rings. The third kappa shape index (κ3) is 4.23. The fourth-order valence-corrected chi connectivity index (χ4v) is 5.04. The predicted octanol–water partition coefficient (Wildman–Crippen LogP) is 2.51. The molecule has 0 aliphatic carbocycles. The van der Waals surface area contributed by atoms with Crippen molar-refractivity contribution in [2.75, 3.05) is 39.8 Å². The number of nitrogens with zero attached hydrogens (tertiary/aromatic N) is 5. The number of aromatic nitrogens is 2. The fraction of sp³-hybridized carbons (Fsp3) is 0.440. The second-order valence-corrected chi connectivity index (χ2v) is 8.61. The number of imidazole rings is 1. The van der Waals surface area contributed by atoms with Crippen LogP contribution in [-0.4, -0.2) is 77.3 Å². The maximum Gasteiger partial charge on any atom is 0.193 e. The van der Waals surface area contributed by atoms with Crippen molar-refractivity contribution in [1.82, 2.24) is 24.7 Å². The van der Waals surface area contributed by atoms with Crippen molar-refractivity contribution < 1.29 is 4.74 Å². The number of nitrogens with one attached hydrogen (secondary N) is 1. The molecule has 2 aliphatic heterocycles. The molecule has 2 saturated heterocycles. The van der Waals surface area contributed by atoms with Crippen LogP contribution in [-0.2, 0) is 17.8 Å². The Morgan fingerprint density at radius 2 is 1.94 bits per heavy atom. The number of aryl methyl sites for hydroxylation is 1. The third-order valence-electron chi connectivity index (χ3n) is 6.62.